The molecule has 0 spiro atoms. The highest BCUT2D eigenvalue weighted by atomic mass is 16.5. The summed E-state index contributed by atoms with van der Waals surface area (Å²) in [5.41, 5.74) is 1.79. The van der Waals surface area contributed by atoms with Crippen LogP contribution in [-0.4, -0.2) is 51.9 Å². The van der Waals surface area contributed by atoms with Gasteiger partial charge in [-0.05, 0) is 26.7 Å². The largest absolute Gasteiger partial charge is 0.378 e. The van der Waals surface area contributed by atoms with Crippen molar-refractivity contribution in [3.8, 4) is 0 Å². The molecule has 2 aliphatic rings. The van der Waals surface area contributed by atoms with Crippen LogP contribution in [0.1, 0.15) is 32.7 Å². The summed E-state index contributed by atoms with van der Waals surface area (Å²) in [6, 6.07) is 0.848. The fraction of sp³-hybridized carbons (Fsp3) is 0.667. The van der Waals surface area contributed by atoms with Crippen LogP contribution in [0, 0.1) is 0 Å². The average Bonchev–Trinajstić information content (AvgIpc) is 3.25. The van der Waals surface area contributed by atoms with Gasteiger partial charge in [-0.25, -0.2) is 15.0 Å². The molecule has 0 amide bonds. The van der Waals surface area contributed by atoms with Crippen molar-refractivity contribution in [1.29, 1.82) is 0 Å². The monoisotopic (exact) mass is 302 g/mol. The number of imidazole rings is 1. The first kappa shape index (κ1) is 13.8. The second kappa shape index (κ2) is 5.39. The molecule has 0 atom stereocenters. The van der Waals surface area contributed by atoms with E-state index in [0.717, 1.165) is 49.2 Å². The number of rotatable bonds is 4. The molecule has 1 N–H and O–H groups in total. The molecule has 118 valence electrons. The Morgan fingerprint density at radius 3 is 2.68 bits per heavy atom. The Kier molecular flexibility index (Phi) is 3.37. The summed E-state index contributed by atoms with van der Waals surface area (Å²) in [5, 5.41) is 3.47. The molecule has 2 aromatic rings. The third-order valence-corrected chi connectivity index (χ3v) is 4.19. The molecule has 7 heteroatoms. The van der Waals surface area contributed by atoms with Crippen molar-refractivity contribution < 1.29 is 4.74 Å². The molecule has 4 rings (SSSR count). The van der Waals surface area contributed by atoms with Crippen LogP contribution in [-0.2, 0) is 4.74 Å². The van der Waals surface area contributed by atoms with E-state index in [1.807, 2.05) is 0 Å². The van der Waals surface area contributed by atoms with Gasteiger partial charge in [0.15, 0.2) is 17.0 Å². The fourth-order valence-electron chi connectivity index (χ4n) is 2.89. The number of nitrogens with zero attached hydrogens (tertiary/aromatic N) is 5. The van der Waals surface area contributed by atoms with Gasteiger partial charge in [-0.15, -0.1) is 0 Å². The number of ether oxygens (including phenoxy) is 1. The topological polar surface area (TPSA) is 68.1 Å². The number of hydrogen-bond acceptors (Lipinski definition) is 6. The summed E-state index contributed by atoms with van der Waals surface area (Å²) in [5.74, 6) is 1.84. The summed E-state index contributed by atoms with van der Waals surface area (Å²) in [6.45, 7) is 7.58. The highest BCUT2D eigenvalue weighted by Gasteiger charge is 2.26. The van der Waals surface area contributed by atoms with Gasteiger partial charge in [-0.2, -0.15) is 0 Å². The molecule has 1 aliphatic carbocycles. The lowest BCUT2D eigenvalue weighted by molar-refractivity contribution is 0.121. The number of morpholine rings is 1. The first-order valence-corrected chi connectivity index (χ1v) is 8.06. The Morgan fingerprint density at radius 1 is 1.23 bits per heavy atom. The van der Waals surface area contributed by atoms with E-state index in [9.17, 15) is 0 Å². The van der Waals surface area contributed by atoms with Crippen molar-refractivity contribution in [3.63, 3.8) is 0 Å². The van der Waals surface area contributed by atoms with Crippen LogP contribution >= 0.6 is 0 Å². The first-order chi connectivity index (χ1) is 10.7. The van der Waals surface area contributed by atoms with E-state index in [1.54, 1.807) is 6.33 Å². The second-order valence-electron chi connectivity index (χ2n) is 6.29. The lowest BCUT2D eigenvalue weighted by Crippen LogP contribution is -2.38. The number of anilines is 2. The maximum atomic E-state index is 5.46. The van der Waals surface area contributed by atoms with Crippen LogP contribution in [0.25, 0.3) is 11.2 Å². The number of hydrogen-bond donors (Lipinski definition) is 1. The van der Waals surface area contributed by atoms with Gasteiger partial charge in [-0.1, -0.05) is 0 Å². The van der Waals surface area contributed by atoms with Crippen molar-refractivity contribution in [2.24, 2.45) is 0 Å². The number of aromatic nitrogens is 4. The van der Waals surface area contributed by atoms with E-state index >= 15 is 0 Å². The predicted octanol–water partition coefficient (Wildman–Crippen LogP) is 1.82. The summed E-state index contributed by atoms with van der Waals surface area (Å²) < 4.78 is 7.67. The molecule has 22 heavy (non-hydrogen) atoms. The minimum Gasteiger partial charge on any atom is -0.378 e. The Balaban J connectivity index is 1.81. The van der Waals surface area contributed by atoms with E-state index in [0.29, 0.717) is 12.1 Å². The zero-order valence-corrected chi connectivity index (χ0v) is 13.1. The molecule has 1 saturated heterocycles. The van der Waals surface area contributed by atoms with Crippen molar-refractivity contribution in [2.45, 2.75) is 38.8 Å². The molecule has 0 aromatic carbocycles. The third-order valence-electron chi connectivity index (χ3n) is 4.19. The predicted molar refractivity (Wildman–Crippen MR) is 85.4 cm³/mol. The maximum absolute atomic E-state index is 5.46. The molecular weight excluding hydrogens is 280 g/mol. The number of fused-ring (bicyclic) bond motifs is 1. The van der Waals surface area contributed by atoms with E-state index in [-0.39, 0.29) is 0 Å². The van der Waals surface area contributed by atoms with Crippen molar-refractivity contribution >= 4 is 22.9 Å². The highest BCUT2D eigenvalue weighted by molar-refractivity contribution is 5.85. The molecule has 2 fully saturated rings. The Labute approximate surface area is 129 Å². The first-order valence-electron chi connectivity index (χ1n) is 8.06. The minimum atomic E-state index is 0.298. The second-order valence-corrected chi connectivity index (χ2v) is 6.29. The summed E-state index contributed by atoms with van der Waals surface area (Å²) in [7, 11) is 0. The van der Waals surface area contributed by atoms with Crippen LogP contribution in [0.5, 0.6) is 0 Å². The van der Waals surface area contributed by atoms with Gasteiger partial charge in [0.05, 0.1) is 13.2 Å². The van der Waals surface area contributed by atoms with Crippen molar-refractivity contribution in [3.05, 3.63) is 6.33 Å². The van der Waals surface area contributed by atoms with Gasteiger partial charge >= 0.3 is 0 Å². The molecule has 3 heterocycles. The van der Waals surface area contributed by atoms with Gasteiger partial charge in [0, 0.05) is 25.2 Å². The summed E-state index contributed by atoms with van der Waals surface area (Å²) in [6.07, 6.45) is 4.07. The molecule has 0 unspecified atom stereocenters. The Morgan fingerprint density at radius 2 is 2.00 bits per heavy atom. The van der Waals surface area contributed by atoms with E-state index in [1.165, 1.54) is 12.8 Å². The van der Waals surface area contributed by atoms with Crippen LogP contribution in [0.2, 0.25) is 0 Å². The Bertz CT molecular complexity index is 672. The van der Waals surface area contributed by atoms with Gasteiger partial charge in [0.25, 0.3) is 0 Å². The lowest BCUT2D eigenvalue weighted by atomic mass is 10.3. The zero-order valence-electron chi connectivity index (χ0n) is 13.1. The van der Waals surface area contributed by atoms with Crippen LogP contribution < -0.4 is 10.2 Å². The van der Waals surface area contributed by atoms with E-state index in [2.05, 4.69) is 38.6 Å². The van der Waals surface area contributed by atoms with Crippen molar-refractivity contribution in [1.82, 2.24) is 19.5 Å². The fourth-order valence-corrected chi connectivity index (χ4v) is 2.89. The molecule has 1 saturated carbocycles. The Hall–Kier alpha value is -1.89. The summed E-state index contributed by atoms with van der Waals surface area (Å²) in [4.78, 5) is 16.1. The molecule has 0 bridgehead atoms. The van der Waals surface area contributed by atoms with Crippen LogP contribution in [0.4, 0.5) is 11.8 Å². The normalized spacial score (nSPS) is 19.1. The van der Waals surface area contributed by atoms with Gasteiger partial charge in [0.2, 0.25) is 5.95 Å². The van der Waals surface area contributed by atoms with Gasteiger partial charge in [0.1, 0.15) is 6.33 Å². The molecule has 7 nitrogen and oxygen atoms in total. The molecule has 0 radical (unpaired) electrons. The van der Waals surface area contributed by atoms with Crippen LogP contribution in [0.15, 0.2) is 6.33 Å². The van der Waals surface area contributed by atoms with E-state index in [4.69, 9.17) is 9.72 Å². The smallest absolute Gasteiger partial charge is 0.208 e. The lowest BCUT2D eigenvalue weighted by Gasteiger charge is -2.29. The van der Waals surface area contributed by atoms with Crippen LogP contribution in [0.3, 0.4) is 0 Å². The van der Waals surface area contributed by atoms with Crippen molar-refractivity contribution in [2.75, 3.05) is 36.5 Å². The third kappa shape index (κ3) is 2.39. The summed E-state index contributed by atoms with van der Waals surface area (Å²) >= 11 is 0. The van der Waals surface area contributed by atoms with Gasteiger partial charge < -0.3 is 15.0 Å². The molecule has 2 aromatic heterocycles. The standard InChI is InChI=1S/C15H22N6O/c1-10(2)21-14-12(13(16-9-17-14)18-11-3-4-11)19-15(21)20-5-7-22-8-6-20/h9-11H,3-8H2,1-2H3,(H,16,17,18). The van der Waals surface area contributed by atoms with E-state index < -0.39 is 0 Å². The quantitative estimate of drug-likeness (QED) is 0.929. The molecular formula is C15H22N6O. The average molecular weight is 302 g/mol. The minimum absolute atomic E-state index is 0.298. The molecule has 1 aliphatic heterocycles. The van der Waals surface area contributed by atoms with Gasteiger partial charge in [-0.3, -0.25) is 4.57 Å². The maximum Gasteiger partial charge on any atom is 0.208 e. The zero-order chi connectivity index (χ0) is 15.1. The number of nitrogens with one attached hydrogen (secondary N) is 1. The highest BCUT2D eigenvalue weighted by Crippen LogP contribution is 2.31. The SMILES string of the molecule is CC(C)n1c(N2CCOCC2)nc2c(NC3CC3)ncnc21.